The van der Waals surface area contributed by atoms with Crippen LogP contribution < -0.4 is 5.73 Å². The third kappa shape index (κ3) is 3.50. The number of morpholine rings is 1. The zero-order valence-corrected chi connectivity index (χ0v) is 11.4. The molecule has 1 aliphatic rings. The van der Waals surface area contributed by atoms with Gasteiger partial charge in [0.2, 0.25) is 0 Å². The molecule has 2 unspecified atom stereocenters. The molecule has 0 bridgehead atoms. The fourth-order valence-corrected chi connectivity index (χ4v) is 2.52. The summed E-state index contributed by atoms with van der Waals surface area (Å²) in [5.41, 5.74) is 5.98. The average molecular weight is 288 g/mol. The topological polar surface area (TPSA) is 38.5 Å². The third-order valence-corrected chi connectivity index (χ3v) is 3.56. The Hall–Kier alpha value is -1.11. The van der Waals surface area contributed by atoms with Crippen LogP contribution in [0.5, 0.6) is 0 Å². The lowest BCUT2D eigenvalue weighted by molar-refractivity contribution is -0.137. The zero-order valence-electron chi connectivity index (χ0n) is 11.4. The van der Waals surface area contributed by atoms with E-state index in [2.05, 4.69) is 4.90 Å². The van der Waals surface area contributed by atoms with Crippen LogP contribution in [-0.4, -0.2) is 37.2 Å². The summed E-state index contributed by atoms with van der Waals surface area (Å²) < 4.78 is 43.1. The lowest BCUT2D eigenvalue weighted by atomic mass is 10.0. The zero-order chi connectivity index (χ0) is 14.8. The Morgan fingerprint density at radius 1 is 1.35 bits per heavy atom. The first-order valence-electron chi connectivity index (χ1n) is 6.64. The van der Waals surface area contributed by atoms with Gasteiger partial charge in [-0.3, -0.25) is 4.90 Å². The van der Waals surface area contributed by atoms with E-state index in [1.165, 1.54) is 12.1 Å². The quantitative estimate of drug-likeness (QED) is 0.928. The van der Waals surface area contributed by atoms with Gasteiger partial charge in [-0.25, -0.2) is 0 Å². The molecule has 0 amide bonds. The summed E-state index contributed by atoms with van der Waals surface area (Å²) in [5, 5.41) is 0. The van der Waals surface area contributed by atoms with E-state index in [0.29, 0.717) is 13.2 Å². The first-order chi connectivity index (χ1) is 9.41. The number of rotatable bonds is 3. The van der Waals surface area contributed by atoms with E-state index < -0.39 is 11.7 Å². The van der Waals surface area contributed by atoms with Gasteiger partial charge >= 0.3 is 6.18 Å². The van der Waals surface area contributed by atoms with Crippen molar-refractivity contribution in [2.24, 2.45) is 5.73 Å². The summed E-state index contributed by atoms with van der Waals surface area (Å²) in [5.74, 6) is 0. The van der Waals surface area contributed by atoms with E-state index in [1.807, 2.05) is 6.92 Å². The summed E-state index contributed by atoms with van der Waals surface area (Å²) in [6.07, 6.45) is -4.18. The highest BCUT2D eigenvalue weighted by atomic mass is 19.4. The Morgan fingerprint density at radius 2 is 2.00 bits per heavy atom. The molecule has 112 valence electrons. The van der Waals surface area contributed by atoms with Gasteiger partial charge < -0.3 is 10.5 Å². The predicted molar refractivity (Wildman–Crippen MR) is 70.2 cm³/mol. The van der Waals surface area contributed by atoms with Crippen molar-refractivity contribution in [2.75, 3.05) is 26.2 Å². The molecular formula is C14H19F3N2O. The van der Waals surface area contributed by atoms with E-state index in [0.717, 1.165) is 30.8 Å². The first-order valence-corrected chi connectivity index (χ1v) is 6.64. The second-order valence-corrected chi connectivity index (χ2v) is 5.05. The minimum absolute atomic E-state index is 0.0661. The van der Waals surface area contributed by atoms with E-state index >= 15 is 0 Å². The lowest BCUT2D eigenvalue weighted by Gasteiger charge is -2.37. The Kier molecular flexibility index (Phi) is 4.67. The van der Waals surface area contributed by atoms with Crippen molar-refractivity contribution in [1.29, 1.82) is 0 Å². The molecule has 2 rings (SSSR count). The van der Waals surface area contributed by atoms with Gasteiger partial charge in [-0.1, -0.05) is 12.1 Å². The number of benzene rings is 1. The molecule has 0 aliphatic carbocycles. The van der Waals surface area contributed by atoms with Gasteiger partial charge in [-0.15, -0.1) is 0 Å². The molecule has 20 heavy (non-hydrogen) atoms. The fraction of sp³-hybridized carbons (Fsp3) is 0.571. The van der Waals surface area contributed by atoms with Gasteiger partial charge in [-0.05, 0) is 24.6 Å². The maximum atomic E-state index is 12.6. The minimum atomic E-state index is -4.30. The standard InChI is InChI=1S/C14H19F3N2O/c1-10-9-19(6-7-20-10)13(8-18)11-2-4-12(5-3-11)14(15,16)17/h2-5,10,13H,6-9,18H2,1H3. The molecular weight excluding hydrogens is 269 g/mol. The van der Waals surface area contributed by atoms with E-state index in [4.69, 9.17) is 10.5 Å². The van der Waals surface area contributed by atoms with Gasteiger partial charge in [0.25, 0.3) is 0 Å². The monoisotopic (exact) mass is 288 g/mol. The Labute approximate surface area is 116 Å². The summed E-state index contributed by atoms with van der Waals surface area (Å²) >= 11 is 0. The van der Waals surface area contributed by atoms with Crippen molar-refractivity contribution in [2.45, 2.75) is 25.2 Å². The second-order valence-electron chi connectivity index (χ2n) is 5.05. The van der Waals surface area contributed by atoms with Crippen molar-refractivity contribution in [3.05, 3.63) is 35.4 Å². The summed E-state index contributed by atoms with van der Waals surface area (Å²) in [6.45, 7) is 4.46. The smallest absolute Gasteiger partial charge is 0.376 e. The van der Waals surface area contributed by atoms with Gasteiger partial charge in [0.1, 0.15) is 0 Å². The largest absolute Gasteiger partial charge is 0.416 e. The van der Waals surface area contributed by atoms with Crippen LogP contribution in [0.15, 0.2) is 24.3 Å². The molecule has 0 spiro atoms. The lowest BCUT2D eigenvalue weighted by Crippen LogP contribution is -2.45. The number of hydrogen-bond acceptors (Lipinski definition) is 3. The Balaban J connectivity index is 2.15. The van der Waals surface area contributed by atoms with Crippen LogP contribution in [0.2, 0.25) is 0 Å². The van der Waals surface area contributed by atoms with Crippen LogP contribution in [-0.2, 0) is 10.9 Å². The number of nitrogens with zero attached hydrogens (tertiary/aromatic N) is 1. The number of alkyl halides is 3. The highest BCUT2D eigenvalue weighted by molar-refractivity contribution is 5.27. The van der Waals surface area contributed by atoms with Gasteiger partial charge in [0, 0.05) is 25.7 Å². The number of nitrogens with two attached hydrogens (primary N) is 1. The van der Waals surface area contributed by atoms with Crippen molar-refractivity contribution >= 4 is 0 Å². The third-order valence-electron chi connectivity index (χ3n) is 3.56. The van der Waals surface area contributed by atoms with Gasteiger partial charge in [0.05, 0.1) is 18.3 Å². The van der Waals surface area contributed by atoms with Crippen LogP contribution in [0, 0.1) is 0 Å². The minimum Gasteiger partial charge on any atom is -0.376 e. The Bertz CT molecular complexity index is 433. The number of ether oxygens (including phenoxy) is 1. The van der Waals surface area contributed by atoms with Gasteiger partial charge in [0.15, 0.2) is 0 Å². The van der Waals surface area contributed by atoms with Crippen LogP contribution in [0.25, 0.3) is 0 Å². The molecule has 1 fully saturated rings. The van der Waals surface area contributed by atoms with Crippen molar-refractivity contribution < 1.29 is 17.9 Å². The second kappa shape index (κ2) is 6.11. The average Bonchev–Trinajstić information content (AvgIpc) is 2.39. The van der Waals surface area contributed by atoms with Crippen LogP contribution in [0.4, 0.5) is 13.2 Å². The number of hydrogen-bond donors (Lipinski definition) is 1. The maximum absolute atomic E-state index is 12.6. The molecule has 2 atom stereocenters. The molecule has 6 heteroatoms. The SMILES string of the molecule is CC1CN(C(CN)c2ccc(C(F)(F)F)cc2)CCO1. The van der Waals surface area contributed by atoms with Crippen LogP contribution >= 0.6 is 0 Å². The van der Waals surface area contributed by atoms with E-state index in [-0.39, 0.29) is 12.1 Å². The molecule has 0 radical (unpaired) electrons. The molecule has 0 aromatic heterocycles. The molecule has 3 nitrogen and oxygen atoms in total. The molecule has 1 aliphatic heterocycles. The summed E-state index contributed by atoms with van der Waals surface area (Å²) in [4.78, 5) is 2.16. The molecule has 1 heterocycles. The molecule has 1 aromatic rings. The van der Waals surface area contributed by atoms with Gasteiger partial charge in [-0.2, -0.15) is 13.2 Å². The molecule has 2 N–H and O–H groups in total. The molecule has 1 saturated heterocycles. The highest BCUT2D eigenvalue weighted by Gasteiger charge is 2.31. The first kappa shape index (κ1) is 15.3. The van der Waals surface area contributed by atoms with Crippen LogP contribution in [0.3, 0.4) is 0 Å². The summed E-state index contributed by atoms with van der Waals surface area (Å²) in [7, 11) is 0. The fourth-order valence-electron chi connectivity index (χ4n) is 2.52. The molecule has 1 aromatic carbocycles. The molecule has 0 saturated carbocycles. The highest BCUT2D eigenvalue weighted by Crippen LogP contribution is 2.31. The Morgan fingerprint density at radius 3 is 2.50 bits per heavy atom. The van der Waals surface area contributed by atoms with E-state index in [9.17, 15) is 13.2 Å². The summed E-state index contributed by atoms with van der Waals surface area (Å²) in [6, 6.07) is 5.19. The van der Waals surface area contributed by atoms with Crippen molar-refractivity contribution in [3.8, 4) is 0 Å². The van der Waals surface area contributed by atoms with Crippen molar-refractivity contribution in [1.82, 2.24) is 4.90 Å². The van der Waals surface area contributed by atoms with E-state index in [1.54, 1.807) is 0 Å². The predicted octanol–water partition coefficient (Wildman–Crippen LogP) is 2.43. The maximum Gasteiger partial charge on any atom is 0.416 e. The normalized spacial score (nSPS) is 22.8. The van der Waals surface area contributed by atoms with Crippen molar-refractivity contribution in [3.63, 3.8) is 0 Å². The number of halogens is 3. The van der Waals surface area contributed by atoms with Crippen LogP contribution in [0.1, 0.15) is 24.1 Å².